The number of fused-ring (bicyclic) bond motifs is 1. The number of aromatic nitrogens is 5. The van der Waals surface area contributed by atoms with E-state index in [9.17, 15) is 14.9 Å². The first-order valence-corrected chi connectivity index (χ1v) is 11.1. The smallest absolute Gasteiger partial charge is 0.269 e. The van der Waals surface area contributed by atoms with E-state index < -0.39 is 4.92 Å². The van der Waals surface area contributed by atoms with Crippen molar-refractivity contribution in [3.8, 4) is 17.3 Å². The summed E-state index contributed by atoms with van der Waals surface area (Å²) in [7, 11) is 0. The van der Waals surface area contributed by atoms with Crippen LogP contribution in [0.2, 0.25) is 0 Å². The molecule has 0 radical (unpaired) electrons. The van der Waals surface area contributed by atoms with Gasteiger partial charge in [-0.3, -0.25) is 14.9 Å². The number of hydrogen-bond acceptors (Lipinski definition) is 9. The maximum Gasteiger partial charge on any atom is 0.269 e. The molecule has 11 heteroatoms. The normalized spacial score (nSPS) is 11.1. The molecule has 0 fully saturated rings. The van der Waals surface area contributed by atoms with Crippen molar-refractivity contribution in [2.75, 3.05) is 0 Å². The molecule has 0 saturated carbocycles. The highest BCUT2D eigenvalue weighted by molar-refractivity contribution is 7.98. The summed E-state index contributed by atoms with van der Waals surface area (Å²) in [5.41, 5.74) is 1.88. The molecule has 168 valence electrons. The van der Waals surface area contributed by atoms with Crippen LogP contribution < -0.4 is 5.56 Å². The largest absolute Gasteiger partial charge is 0.420 e. The van der Waals surface area contributed by atoms with Crippen LogP contribution in [0.15, 0.2) is 81.2 Å². The molecule has 3 aromatic heterocycles. The van der Waals surface area contributed by atoms with Crippen molar-refractivity contribution in [1.82, 2.24) is 24.7 Å². The first-order valence-electron chi connectivity index (χ1n) is 10.1. The van der Waals surface area contributed by atoms with Gasteiger partial charge in [0.25, 0.3) is 11.2 Å². The van der Waals surface area contributed by atoms with Crippen molar-refractivity contribution in [2.45, 2.75) is 17.8 Å². The molecule has 10 nitrogen and oxygen atoms in total. The van der Waals surface area contributed by atoms with Crippen molar-refractivity contribution in [3.05, 3.63) is 98.8 Å². The zero-order valence-corrected chi connectivity index (χ0v) is 18.6. The Bertz CT molecular complexity index is 1560. The van der Waals surface area contributed by atoms with Crippen LogP contribution >= 0.6 is 11.8 Å². The van der Waals surface area contributed by atoms with E-state index in [1.807, 2.05) is 19.1 Å². The van der Waals surface area contributed by atoms with Crippen molar-refractivity contribution < 1.29 is 9.34 Å². The summed E-state index contributed by atoms with van der Waals surface area (Å²) in [6, 6.07) is 16.6. The SMILES string of the molecule is Cc1ccc(-n2c(SCc3nnc(-c4ccc([N+](=O)[O-])cc4)o3)nc3ccccc3c2=O)nc1. The summed E-state index contributed by atoms with van der Waals surface area (Å²) >= 11 is 1.27. The predicted molar refractivity (Wildman–Crippen MR) is 126 cm³/mol. The Morgan fingerprint density at radius 2 is 1.85 bits per heavy atom. The number of thioether (sulfide) groups is 1. The summed E-state index contributed by atoms with van der Waals surface area (Å²) < 4.78 is 7.20. The third-order valence-corrected chi connectivity index (χ3v) is 5.91. The summed E-state index contributed by atoms with van der Waals surface area (Å²) in [5.74, 6) is 1.29. The maximum absolute atomic E-state index is 13.3. The summed E-state index contributed by atoms with van der Waals surface area (Å²) in [6.07, 6.45) is 1.69. The first-order chi connectivity index (χ1) is 16.5. The average molecular weight is 472 g/mol. The quantitative estimate of drug-likeness (QED) is 0.153. The van der Waals surface area contributed by atoms with E-state index >= 15 is 0 Å². The Morgan fingerprint density at radius 3 is 2.59 bits per heavy atom. The predicted octanol–water partition coefficient (Wildman–Crippen LogP) is 4.34. The molecule has 0 saturated heterocycles. The minimum atomic E-state index is -0.474. The second-order valence-corrected chi connectivity index (χ2v) is 8.28. The number of pyridine rings is 1. The Labute approximate surface area is 196 Å². The van der Waals surface area contributed by atoms with Crippen LogP contribution in [-0.2, 0) is 5.75 Å². The van der Waals surface area contributed by atoms with Crippen LogP contribution in [-0.4, -0.2) is 29.7 Å². The van der Waals surface area contributed by atoms with Gasteiger partial charge in [0.05, 0.1) is 21.6 Å². The molecular weight excluding hydrogens is 456 g/mol. The summed E-state index contributed by atoms with van der Waals surface area (Å²) in [6.45, 7) is 1.92. The van der Waals surface area contributed by atoms with Gasteiger partial charge in [-0.1, -0.05) is 30.0 Å². The van der Waals surface area contributed by atoms with E-state index in [1.54, 1.807) is 42.6 Å². The minimum absolute atomic E-state index is 0.0240. The lowest BCUT2D eigenvalue weighted by Crippen LogP contribution is -2.22. The highest BCUT2D eigenvalue weighted by Crippen LogP contribution is 2.26. The number of nitro groups is 1. The van der Waals surface area contributed by atoms with Crippen molar-refractivity contribution in [3.63, 3.8) is 0 Å². The number of hydrogen-bond donors (Lipinski definition) is 0. The van der Waals surface area contributed by atoms with Crippen LogP contribution in [0.1, 0.15) is 11.5 Å². The van der Waals surface area contributed by atoms with Gasteiger partial charge in [0.15, 0.2) is 5.16 Å². The van der Waals surface area contributed by atoms with E-state index in [-0.39, 0.29) is 22.9 Å². The summed E-state index contributed by atoms with van der Waals surface area (Å²) in [4.78, 5) is 32.7. The number of nitro benzene ring substituents is 1. The number of benzene rings is 2. The number of non-ortho nitro benzene ring substituents is 1. The van der Waals surface area contributed by atoms with Gasteiger partial charge in [0.1, 0.15) is 5.82 Å². The van der Waals surface area contributed by atoms with Gasteiger partial charge in [-0.25, -0.2) is 14.5 Å². The molecule has 0 aliphatic rings. The second kappa shape index (κ2) is 8.87. The Kier molecular flexibility index (Phi) is 5.60. The monoisotopic (exact) mass is 472 g/mol. The minimum Gasteiger partial charge on any atom is -0.420 e. The lowest BCUT2D eigenvalue weighted by Gasteiger charge is -2.12. The molecule has 0 atom stereocenters. The fourth-order valence-electron chi connectivity index (χ4n) is 3.28. The van der Waals surface area contributed by atoms with Gasteiger partial charge in [-0.15, -0.1) is 10.2 Å². The molecule has 5 rings (SSSR count). The molecular formula is C23H16N6O4S. The average Bonchev–Trinajstić information content (AvgIpc) is 3.33. The number of rotatable bonds is 6. The molecule has 3 heterocycles. The molecule has 0 bridgehead atoms. The van der Waals surface area contributed by atoms with Crippen LogP contribution in [0.4, 0.5) is 5.69 Å². The number of nitrogens with zero attached hydrogens (tertiary/aromatic N) is 6. The molecule has 34 heavy (non-hydrogen) atoms. The van der Waals surface area contributed by atoms with E-state index in [4.69, 9.17) is 4.42 Å². The van der Waals surface area contributed by atoms with Gasteiger partial charge in [0.2, 0.25) is 11.8 Å². The van der Waals surface area contributed by atoms with Crippen LogP contribution in [0.3, 0.4) is 0 Å². The van der Waals surface area contributed by atoms with Crippen molar-refractivity contribution in [2.24, 2.45) is 0 Å². The standard InChI is InChI=1S/C23H16N6O4S/c1-14-6-11-19(24-12-14)28-22(30)17-4-2-3-5-18(17)25-23(28)34-13-20-26-27-21(33-20)15-7-9-16(10-8-15)29(31)32/h2-12H,13H2,1H3. The van der Waals surface area contributed by atoms with Gasteiger partial charge in [-0.2, -0.15) is 0 Å². The van der Waals surface area contributed by atoms with E-state index in [1.165, 1.54) is 28.5 Å². The van der Waals surface area contributed by atoms with Gasteiger partial charge < -0.3 is 4.42 Å². The van der Waals surface area contributed by atoms with E-state index in [0.29, 0.717) is 33.3 Å². The molecule has 0 amide bonds. The third kappa shape index (κ3) is 4.16. The van der Waals surface area contributed by atoms with E-state index in [0.717, 1.165) is 5.56 Å². The third-order valence-electron chi connectivity index (χ3n) is 4.99. The Balaban J connectivity index is 1.46. The summed E-state index contributed by atoms with van der Waals surface area (Å²) in [5, 5.41) is 19.9. The van der Waals surface area contributed by atoms with Crippen LogP contribution in [0, 0.1) is 17.0 Å². The van der Waals surface area contributed by atoms with Crippen molar-refractivity contribution in [1.29, 1.82) is 0 Å². The molecule has 0 unspecified atom stereocenters. The lowest BCUT2D eigenvalue weighted by atomic mass is 10.2. The lowest BCUT2D eigenvalue weighted by molar-refractivity contribution is -0.384. The van der Waals surface area contributed by atoms with Gasteiger partial charge in [-0.05, 0) is 42.8 Å². The molecule has 0 spiro atoms. The molecule has 0 N–H and O–H groups in total. The number of para-hydroxylation sites is 1. The zero-order chi connectivity index (χ0) is 23.7. The molecule has 0 aliphatic heterocycles. The topological polar surface area (TPSA) is 130 Å². The van der Waals surface area contributed by atoms with Gasteiger partial charge in [0, 0.05) is 23.9 Å². The second-order valence-electron chi connectivity index (χ2n) is 7.34. The first kappa shape index (κ1) is 21.5. The Hall–Kier alpha value is -4.38. The molecule has 2 aromatic carbocycles. The van der Waals surface area contributed by atoms with E-state index in [2.05, 4.69) is 20.2 Å². The highest BCUT2D eigenvalue weighted by Gasteiger charge is 2.16. The van der Waals surface area contributed by atoms with Gasteiger partial charge >= 0.3 is 0 Å². The fourth-order valence-corrected chi connectivity index (χ4v) is 4.12. The molecule has 0 aliphatic carbocycles. The van der Waals surface area contributed by atoms with Crippen molar-refractivity contribution >= 4 is 28.4 Å². The number of aryl methyl sites for hydroxylation is 1. The molecule has 5 aromatic rings. The van der Waals surface area contributed by atoms with Crippen LogP contribution in [0.5, 0.6) is 0 Å². The Morgan fingerprint density at radius 1 is 1.06 bits per heavy atom. The maximum atomic E-state index is 13.3. The highest BCUT2D eigenvalue weighted by atomic mass is 32.2. The van der Waals surface area contributed by atoms with Crippen LogP contribution in [0.25, 0.3) is 28.2 Å². The fraction of sp³-hybridized carbons (Fsp3) is 0.0870. The zero-order valence-electron chi connectivity index (χ0n) is 17.8.